The summed E-state index contributed by atoms with van der Waals surface area (Å²) >= 11 is 0. The van der Waals surface area contributed by atoms with E-state index in [9.17, 15) is 0 Å². The summed E-state index contributed by atoms with van der Waals surface area (Å²) in [5.74, 6) is 0. The predicted octanol–water partition coefficient (Wildman–Crippen LogP) is 1.70. The van der Waals surface area contributed by atoms with Gasteiger partial charge in [-0.3, -0.25) is 4.90 Å². The number of rotatable bonds is 4. The minimum atomic E-state index is 0.500. The average molecular weight is 249 g/mol. The Morgan fingerprint density at radius 1 is 1.22 bits per heavy atom. The molecule has 1 aliphatic rings. The smallest absolute Gasteiger partial charge is 0.0458 e. The van der Waals surface area contributed by atoms with Gasteiger partial charge in [-0.15, -0.1) is 0 Å². The molecule has 0 atom stereocenters. The first kappa shape index (κ1) is 13.3. The topological polar surface area (TPSA) is 38.7 Å². The van der Waals surface area contributed by atoms with Gasteiger partial charge in [-0.25, -0.2) is 5.48 Å². The highest BCUT2D eigenvalue weighted by Gasteiger charge is 2.18. The summed E-state index contributed by atoms with van der Waals surface area (Å²) < 4.78 is 0. The Bertz CT molecular complexity index is 373. The summed E-state index contributed by atoms with van der Waals surface area (Å²) in [6.45, 7) is 9.41. The zero-order valence-electron chi connectivity index (χ0n) is 11.3. The molecule has 0 bridgehead atoms. The normalized spacial score (nSPS) is 17.4. The molecule has 0 spiro atoms. The number of piperazine rings is 1. The molecule has 4 nitrogen and oxygen atoms in total. The van der Waals surface area contributed by atoms with Crippen molar-refractivity contribution in [3.63, 3.8) is 0 Å². The third-order valence-corrected chi connectivity index (χ3v) is 3.60. The molecule has 4 heteroatoms. The van der Waals surface area contributed by atoms with Crippen LogP contribution >= 0.6 is 0 Å². The van der Waals surface area contributed by atoms with Crippen LogP contribution in [-0.2, 0) is 6.54 Å². The van der Waals surface area contributed by atoms with E-state index in [0.717, 1.165) is 31.7 Å². The molecule has 0 aliphatic carbocycles. The number of benzene rings is 1. The summed E-state index contributed by atoms with van der Waals surface area (Å²) in [7, 11) is 0. The molecule has 1 heterocycles. The first-order valence-corrected chi connectivity index (χ1v) is 6.65. The van der Waals surface area contributed by atoms with Gasteiger partial charge in [-0.2, -0.15) is 0 Å². The second-order valence-corrected chi connectivity index (χ2v) is 5.12. The van der Waals surface area contributed by atoms with Gasteiger partial charge < -0.3 is 10.1 Å². The standard InChI is InChI=1S/C14H23N3O/c1-12(2)16-6-8-17(9-7-16)14-5-3-4-13(10-14)11-15-18/h3-5,10,12,15,18H,6-9,11H2,1-2H3. The average Bonchev–Trinajstić information content (AvgIpc) is 2.39. The summed E-state index contributed by atoms with van der Waals surface area (Å²) in [6, 6.07) is 9.01. The Hall–Kier alpha value is -1.10. The molecule has 0 aromatic heterocycles. The number of nitrogens with zero attached hydrogens (tertiary/aromatic N) is 2. The van der Waals surface area contributed by atoms with Gasteiger partial charge in [-0.05, 0) is 31.5 Å². The van der Waals surface area contributed by atoms with Crippen LogP contribution in [-0.4, -0.2) is 42.3 Å². The summed E-state index contributed by atoms with van der Waals surface area (Å²) in [5, 5.41) is 8.75. The molecular formula is C14H23N3O. The molecule has 1 saturated heterocycles. The van der Waals surface area contributed by atoms with Gasteiger partial charge in [-0.1, -0.05) is 12.1 Å². The molecule has 0 radical (unpaired) electrons. The van der Waals surface area contributed by atoms with Crippen molar-refractivity contribution in [1.29, 1.82) is 0 Å². The van der Waals surface area contributed by atoms with E-state index < -0.39 is 0 Å². The molecule has 1 aliphatic heterocycles. The van der Waals surface area contributed by atoms with Gasteiger partial charge >= 0.3 is 0 Å². The molecule has 1 aromatic rings. The molecule has 1 aromatic carbocycles. The van der Waals surface area contributed by atoms with Crippen LogP contribution < -0.4 is 10.4 Å². The van der Waals surface area contributed by atoms with Crippen molar-refractivity contribution in [3.05, 3.63) is 29.8 Å². The van der Waals surface area contributed by atoms with Crippen molar-refractivity contribution >= 4 is 5.69 Å². The molecule has 100 valence electrons. The lowest BCUT2D eigenvalue weighted by Crippen LogP contribution is -2.48. The fourth-order valence-corrected chi connectivity index (χ4v) is 2.45. The minimum absolute atomic E-state index is 0.500. The third-order valence-electron chi connectivity index (χ3n) is 3.60. The SMILES string of the molecule is CC(C)N1CCN(c2cccc(CNO)c2)CC1. The second kappa shape index (κ2) is 6.18. The molecule has 0 saturated carbocycles. The third kappa shape index (κ3) is 3.22. The predicted molar refractivity (Wildman–Crippen MR) is 74.0 cm³/mol. The fourth-order valence-electron chi connectivity index (χ4n) is 2.45. The summed E-state index contributed by atoms with van der Waals surface area (Å²) in [6.07, 6.45) is 0. The van der Waals surface area contributed by atoms with Gasteiger partial charge in [0.05, 0.1) is 0 Å². The van der Waals surface area contributed by atoms with E-state index in [-0.39, 0.29) is 0 Å². The van der Waals surface area contributed by atoms with Gasteiger partial charge in [0.1, 0.15) is 0 Å². The molecule has 0 amide bonds. The van der Waals surface area contributed by atoms with E-state index in [0.29, 0.717) is 12.6 Å². The summed E-state index contributed by atoms with van der Waals surface area (Å²) in [5.41, 5.74) is 4.58. The zero-order valence-corrected chi connectivity index (χ0v) is 11.3. The maximum atomic E-state index is 8.75. The van der Waals surface area contributed by atoms with Crippen LogP contribution in [0.5, 0.6) is 0 Å². The van der Waals surface area contributed by atoms with E-state index >= 15 is 0 Å². The van der Waals surface area contributed by atoms with Crippen LogP contribution in [0.2, 0.25) is 0 Å². The molecule has 2 N–H and O–H groups in total. The van der Waals surface area contributed by atoms with Crippen LogP contribution in [0.15, 0.2) is 24.3 Å². The lowest BCUT2D eigenvalue weighted by Gasteiger charge is -2.38. The van der Waals surface area contributed by atoms with E-state index in [1.165, 1.54) is 5.69 Å². The van der Waals surface area contributed by atoms with Crippen LogP contribution in [0.1, 0.15) is 19.4 Å². The first-order chi connectivity index (χ1) is 8.70. The van der Waals surface area contributed by atoms with Crippen molar-refractivity contribution in [2.45, 2.75) is 26.4 Å². The maximum Gasteiger partial charge on any atom is 0.0458 e. The Kier molecular flexibility index (Phi) is 4.58. The van der Waals surface area contributed by atoms with Crippen molar-refractivity contribution in [3.8, 4) is 0 Å². The maximum absolute atomic E-state index is 8.75. The van der Waals surface area contributed by atoms with Crippen LogP contribution in [0, 0.1) is 0 Å². The van der Waals surface area contributed by atoms with E-state index in [2.05, 4.69) is 47.3 Å². The van der Waals surface area contributed by atoms with E-state index in [1.54, 1.807) is 0 Å². The Morgan fingerprint density at radius 3 is 2.56 bits per heavy atom. The Morgan fingerprint density at radius 2 is 1.94 bits per heavy atom. The van der Waals surface area contributed by atoms with E-state index in [1.807, 2.05) is 6.07 Å². The molecule has 2 rings (SSSR count). The summed E-state index contributed by atoms with van der Waals surface area (Å²) in [4.78, 5) is 4.93. The van der Waals surface area contributed by atoms with Gasteiger partial charge in [0.15, 0.2) is 0 Å². The Labute approximate surface area is 109 Å². The van der Waals surface area contributed by atoms with E-state index in [4.69, 9.17) is 5.21 Å². The van der Waals surface area contributed by atoms with Crippen molar-refractivity contribution in [1.82, 2.24) is 10.4 Å². The highest BCUT2D eigenvalue weighted by Crippen LogP contribution is 2.18. The lowest BCUT2D eigenvalue weighted by molar-refractivity contribution is 0.161. The van der Waals surface area contributed by atoms with Gasteiger partial charge in [0.25, 0.3) is 0 Å². The molecule has 18 heavy (non-hydrogen) atoms. The zero-order chi connectivity index (χ0) is 13.0. The Balaban J connectivity index is 1.98. The van der Waals surface area contributed by atoms with Crippen molar-refractivity contribution < 1.29 is 5.21 Å². The molecule has 0 unspecified atom stereocenters. The number of hydroxylamine groups is 1. The van der Waals surface area contributed by atoms with Crippen molar-refractivity contribution in [2.75, 3.05) is 31.1 Å². The van der Waals surface area contributed by atoms with Crippen molar-refractivity contribution in [2.24, 2.45) is 0 Å². The second-order valence-electron chi connectivity index (χ2n) is 5.12. The highest BCUT2D eigenvalue weighted by molar-refractivity contribution is 5.49. The lowest BCUT2D eigenvalue weighted by atomic mass is 10.1. The number of anilines is 1. The largest absolute Gasteiger partial charge is 0.369 e. The number of nitrogens with one attached hydrogen (secondary N) is 1. The number of hydrogen-bond donors (Lipinski definition) is 2. The minimum Gasteiger partial charge on any atom is -0.369 e. The van der Waals surface area contributed by atoms with Crippen LogP contribution in [0.25, 0.3) is 0 Å². The molecular weight excluding hydrogens is 226 g/mol. The number of hydrogen-bond acceptors (Lipinski definition) is 4. The van der Waals surface area contributed by atoms with Crippen LogP contribution in [0.3, 0.4) is 0 Å². The van der Waals surface area contributed by atoms with Crippen LogP contribution in [0.4, 0.5) is 5.69 Å². The highest BCUT2D eigenvalue weighted by atomic mass is 16.5. The quantitative estimate of drug-likeness (QED) is 0.797. The monoisotopic (exact) mass is 249 g/mol. The fraction of sp³-hybridized carbons (Fsp3) is 0.571. The molecule has 1 fully saturated rings. The van der Waals surface area contributed by atoms with Gasteiger partial charge in [0.2, 0.25) is 0 Å². The van der Waals surface area contributed by atoms with Gasteiger partial charge in [0, 0.05) is 44.5 Å². The first-order valence-electron chi connectivity index (χ1n) is 6.65.